The Morgan fingerprint density at radius 1 is 1.44 bits per heavy atom. The number of halogens is 1. The second-order valence-electron chi connectivity index (χ2n) is 4.18. The van der Waals surface area contributed by atoms with Crippen molar-refractivity contribution in [1.29, 1.82) is 0 Å². The number of hydrogen-bond acceptors (Lipinski definition) is 2. The number of methoxy groups -OCH3 is 1. The van der Waals surface area contributed by atoms with Gasteiger partial charge in [-0.15, -0.1) is 0 Å². The maximum absolute atomic E-state index is 6.25. The van der Waals surface area contributed by atoms with E-state index >= 15 is 0 Å². The van der Waals surface area contributed by atoms with Gasteiger partial charge in [-0.2, -0.15) is 0 Å². The van der Waals surface area contributed by atoms with Crippen molar-refractivity contribution in [2.24, 2.45) is 11.7 Å². The quantitative estimate of drug-likeness (QED) is 0.891. The Hall–Kier alpha value is -0.540. The molecule has 90 valence electrons. The minimum atomic E-state index is 0.0835. The highest BCUT2D eigenvalue weighted by atomic mass is 79.9. The van der Waals surface area contributed by atoms with Crippen molar-refractivity contribution in [3.05, 3.63) is 28.2 Å². The average Bonchev–Trinajstić information content (AvgIpc) is 2.28. The van der Waals surface area contributed by atoms with Crippen LogP contribution in [0, 0.1) is 5.92 Å². The monoisotopic (exact) mass is 285 g/mol. The summed E-state index contributed by atoms with van der Waals surface area (Å²) in [5, 5.41) is 0. The number of nitrogens with two attached hydrogens (primary N) is 1. The van der Waals surface area contributed by atoms with E-state index in [1.807, 2.05) is 18.2 Å². The highest BCUT2D eigenvalue weighted by Gasteiger charge is 2.16. The van der Waals surface area contributed by atoms with Crippen LogP contribution in [0.2, 0.25) is 0 Å². The molecule has 1 aromatic carbocycles. The van der Waals surface area contributed by atoms with Crippen LogP contribution in [0.3, 0.4) is 0 Å². The average molecular weight is 286 g/mol. The van der Waals surface area contributed by atoms with Gasteiger partial charge in [0.1, 0.15) is 5.75 Å². The molecular formula is C13H20BrNO. The molecule has 2 unspecified atom stereocenters. The summed E-state index contributed by atoms with van der Waals surface area (Å²) in [5.74, 6) is 1.35. The lowest BCUT2D eigenvalue weighted by Gasteiger charge is -2.21. The van der Waals surface area contributed by atoms with Crippen LogP contribution in [0.15, 0.2) is 22.7 Å². The molecule has 1 rings (SSSR count). The molecule has 0 saturated heterocycles. The van der Waals surface area contributed by atoms with Crippen molar-refractivity contribution in [2.45, 2.75) is 32.7 Å². The van der Waals surface area contributed by atoms with Gasteiger partial charge in [0.25, 0.3) is 0 Å². The minimum Gasteiger partial charge on any atom is -0.497 e. The summed E-state index contributed by atoms with van der Waals surface area (Å²) in [5.41, 5.74) is 7.40. The molecule has 0 aliphatic rings. The summed E-state index contributed by atoms with van der Waals surface area (Å²) in [6.07, 6.45) is 2.32. The summed E-state index contributed by atoms with van der Waals surface area (Å²) >= 11 is 3.55. The largest absolute Gasteiger partial charge is 0.497 e. The molecule has 3 heteroatoms. The molecule has 2 N–H and O–H groups in total. The highest BCUT2D eigenvalue weighted by molar-refractivity contribution is 9.10. The third kappa shape index (κ3) is 3.22. The van der Waals surface area contributed by atoms with E-state index in [1.165, 1.54) is 6.42 Å². The van der Waals surface area contributed by atoms with Crippen LogP contribution in [0.4, 0.5) is 0 Å². The van der Waals surface area contributed by atoms with Crippen LogP contribution in [0.25, 0.3) is 0 Å². The third-order valence-electron chi connectivity index (χ3n) is 2.92. The van der Waals surface area contributed by atoms with Gasteiger partial charge in [0, 0.05) is 10.5 Å². The fourth-order valence-electron chi connectivity index (χ4n) is 1.85. The van der Waals surface area contributed by atoms with E-state index in [2.05, 4.69) is 29.8 Å². The van der Waals surface area contributed by atoms with Gasteiger partial charge in [0.05, 0.1) is 7.11 Å². The summed E-state index contributed by atoms with van der Waals surface area (Å²) in [6.45, 7) is 4.39. The Kier molecular flexibility index (Phi) is 5.29. The summed E-state index contributed by atoms with van der Waals surface area (Å²) in [4.78, 5) is 0. The molecule has 0 amide bonds. The van der Waals surface area contributed by atoms with Crippen molar-refractivity contribution < 1.29 is 4.74 Å². The summed E-state index contributed by atoms with van der Waals surface area (Å²) in [7, 11) is 1.67. The molecule has 0 fully saturated rings. The lowest BCUT2D eigenvalue weighted by Crippen LogP contribution is -2.19. The maximum atomic E-state index is 6.25. The SMILES string of the molecule is CCCC(C)C(N)c1ccc(OC)cc1Br. The topological polar surface area (TPSA) is 35.2 Å². The predicted octanol–water partition coefficient (Wildman–Crippen LogP) is 3.89. The van der Waals surface area contributed by atoms with Gasteiger partial charge in [-0.25, -0.2) is 0 Å². The molecule has 1 aromatic rings. The highest BCUT2D eigenvalue weighted by Crippen LogP contribution is 2.31. The van der Waals surface area contributed by atoms with Crippen molar-refractivity contribution >= 4 is 15.9 Å². The number of rotatable bonds is 5. The lowest BCUT2D eigenvalue weighted by atomic mass is 9.92. The smallest absolute Gasteiger partial charge is 0.120 e. The molecule has 0 aliphatic heterocycles. The fourth-order valence-corrected chi connectivity index (χ4v) is 2.47. The van der Waals surface area contributed by atoms with Crippen molar-refractivity contribution in [1.82, 2.24) is 0 Å². The van der Waals surface area contributed by atoms with Gasteiger partial charge in [-0.3, -0.25) is 0 Å². The first-order valence-corrected chi connectivity index (χ1v) is 6.48. The fraction of sp³-hybridized carbons (Fsp3) is 0.538. The van der Waals surface area contributed by atoms with E-state index in [0.717, 1.165) is 22.2 Å². The maximum Gasteiger partial charge on any atom is 0.120 e. The van der Waals surface area contributed by atoms with Gasteiger partial charge >= 0.3 is 0 Å². The number of benzene rings is 1. The van der Waals surface area contributed by atoms with Crippen molar-refractivity contribution in [3.63, 3.8) is 0 Å². The zero-order valence-electron chi connectivity index (χ0n) is 10.2. The Bertz CT molecular complexity index is 341. The Labute approximate surface area is 106 Å². The number of ether oxygens (including phenoxy) is 1. The molecule has 0 heterocycles. The summed E-state index contributed by atoms with van der Waals surface area (Å²) < 4.78 is 6.20. The van der Waals surface area contributed by atoms with Gasteiger partial charge in [0.15, 0.2) is 0 Å². The van der Waals surface area contributed by atoms with Crippen LogP contribution < -0.4 is 10.5 Å². The predicted molar refractivity (Wildman–Crippen MR) is 71.7 cm³/mol. The van der Waals surface area contributed by atoms with Crippen molar-refractivity contribution in [2.75, 3.05) is 7.11 Å². The molecular weight excluding hydrogens is 266 g/mol. The molecule has 0 aliphatic carbocycles. The van der Waals surface area contributed by atoms with Crippen LogP contribution >= 0.6 is 15.9 Å². The Morgan fingerprint density at radius 2 is 2.12 bits per heavy atom. The van der Waals surface area contributed by atoms with E-state index in [9.17, 15) is 0 Å². The zero-order chi connectivity index (χ0) is 12.1. The van der Waals surface area contributed by atoms with Gasteiger partial charge in [-0.1, -0.05) is 42.3 Å². The minimum absolute atomic E-state index is 0.0835. The first-order valence-electron chi connectivity index (χ1n) is 5.69. The Balaban J connectivity index is 2.87. The van der Waals surface area contributed by atoms with Gasteiger partial charge in [0.2, 0.25) is 0 Å². The molecule has 0 radical (unpaired) electrons. The van der Waals surface area contributed by atoms with Crippen LogP contribution in [-0.2, 0) is 0 Å². The van der Waals surface area contributed by atoms with E-state index < -0.39 is 0 Å². The molecule has 2 atom stereocenters. The number of hydrogen-bond donors (Lipinski definition) is 1. The zero-order valence-corrected chi connectivity index (χ0v) is 11.8. The lowest BCUT2D eigenvalue weighted by molar-refractivity contribution is 0.411. The van der Waals surface area contributed by atoms with Gasteiger partial charge in [-0.05, 0) is 30.0 Å². The molecule has 0 saturated carbocycles. The molecule has 2 nitrogen and oxygen atoms in total. The van der Waals surface area contributed by atoms with Crippen LogP contribution in [-0.4, -0.2) is 7.11 Å². The molecule has 0 bridgehead atoms. The van der Waals surface area contributed by atoms with Crippen LogP contribution in [0.5, 0.6) is 5.75 Å². The first-order chi connectivity index (χ1) is 7.60. The molecule has 0 aromatic heterocycles. The molecule has 16 heavy (non-hydrogen) atoms. The first kappa shape index (κ1) is 13.5. The van der Waals surface area contributed by atoms with E-state index in [-0.39, 0.29) is 6.04 Å². The van der Waals surface area contributed by atoms with E-state index in [1.54, 1.807) is 7.11 Å². The standard InChI is InChI=1S/C13H20BrNO/c1-4-5-9(2)13(15)11-7-6-10(16-3)8-12(11)14/h6-9,13H,4-5,15H2,1-3H3. The van der Waals surface area contributed by atoms with Crippen LogP contribution in [0.1, 0.15) is 38.3 Å². The second-order valence-corrected chi connectivity index (χ2v) is 5.03. The molecule has 0 spiro atoms. The van der Waals surface area contributed by atoms with E-state index in [0.29, 0.717) is 5.92 Å². The summed E-state index contributed by atoms with van der Waals surface area (Å²) in [6, 6.07) is 6.05. The van der Waals surface area contributed by atoms with E-state index in [4.69, 9.17) is 10.5 Å². The Morgan fingerprint density at radius 3 is 2.62 bits per heavy atom. The second kappa shape index (κ2) is 6.26. The van der Waals surface area contributed by atoms with Gasteiger partial charge < -0.3 is 10.5 Å². The normalized spacial score (nSPS) is 14.6. The third-order valence-corrected chi connectivity index (χ3v) is 3.61. The van der Waals surface area contributed by atoms with Crippen molar-refractivity contribution in [3.8, 4) is 5.75 Å².